The molecule has 3 saturated heterocycles. The normalized spacial score (nSPS) is 17.6. The molecular formula is C36H42ClF2N6O5P. The molecule has 11 nitrogen and oxygen atoms in total. The summed E-state index contributed by atoms with van der Waals surface area (Å²) in [5.74, 6) is -1.09. The lowest BCUT2D eigenvalue weighted by molar-refractivity contribution is -0.134. The number of halogens is 3. The van der Waals surface area contributed by atoms with E-state index in [1.54, 1.807) is 43.0 Å². The molecule has 2 aromatic heterocycles. The molecule has 1 amide bonds. The zero-order valence-corrected chi connectivity index (χ0v) is 30.7. The molecule has 3 aliphatic rings. The van der Waals surface area contributed by atoms with Gasteiger partial charge in [-0.1, -0.05) is 35.9 Å². The first-order valence-corrected chi connectivity index (χ1v) is 19.6. The highest BCUT2D eigenvalue weighted by Crippen LogP contribution is 2.48. The molecule has 0 atom stereocenters. The Balaban J connectivity index is 1.19. The zero-order valence-electron chi connectivity index (χ0n) is 29.0. The van der Waals surface area contributed by atoms with E-state index in [0.29, 0.717) is 53.8 Å². The first kappa shape index (κ1) is 35.9. The summed E-state index contributed by atoms with van der Waals surface area (Å²) in [6.07, 6.45) is 5.47. The van der Waals surface area contributed by atoms with Crippen LogP contribution in [0, 0.1) is 17.6 Å². The molecule has 272 valence electrons. The van der Waals surface area contributed by atoms with Crippen LogP contribution in [0.1, 0.15) is 39.5 Å². The molecule has 15 heteroatoms. The SMILES string of the molecule is CCOP(=O)(CC(=O)N1CC(CN(C)c2nc(OCC34CCCN3CCC4)nc3c(F)c(-c4cccc5ccc(F)c(Cl)c45)ncc23)C1)OCC. The molecule has 0 radical (unpaired) electrons. The Labute approximate surface area is 300 Å². The van der Waals surface area contributed by atoms with Crippen LogP contribution in [-0.4, -0.2) is 102 Å². The number of nitrogens with zero attached hydrogens (tertiary/aromatic N) is 6. The summed E-state index contributed by atoms with van der Waals surface area (Å²) in [5.41, 5.74) is 0.277. The molecule has 0 aliphatic carbocycles. The minimum atomic E-state index is -3.51. The van der Waals surface area contributed by atoms with E-state index in [9.17, 15) is 13.8 Å². The number of aromatic nitrogens is 3. The van der Waals surface area contributed by atoms with Crippen molar-refractivity contribution in [2.24, 2.45) is 5.92 Å². The van der Waals surface area contributed by atoms with E-state index in [2.05, 4.69) is 14.9 Å². The molecule has 0 spiro atoms. The summed E-state index contributed by atoms with van der Waals surface area (Å²) in [4.78, 5) is 32.9. The topological polar surface area (TPSA) is 110 Å². The summed E-state index contributed by atoms with van der Waals surface area (Å²) in [5, 5.41) is 1.28. The van der Waals surface area contributed by atoms with Gasteiger partial charge in [0.15, 0.2) is 5.82 Å². The molecule has 0 bridgehead atoms. The Morgan fingerprint density at radius 3 is 2.51 bits per heavy atom. The maximum absolute atomic E-state index is 16.8. The Morgan fingerprint density at radius 2 is 1.80 bits per heavy atom. The van der Waals surface area contributed by atoms with Gasteiger partial charge in [0.05, 0.1) is 29.2 Å². The van der Waals surface area contributed by atoms with E-state index in [0.717, 1.165) is 38.8 Å². The van der Waals surface area contributed by atoms with Gasteiger partial charge in [-0.05, 0) is 64.1 Å². The lowest BCUT2D eigenvalue weighted by Gasteiger charge is -2.41. The minimum Gasteiger partial charge on any atom is -0.461 e. The smallest absolute Gasteiger partial charge is 0.340 e. The third-order valence-corrected chi connectivity index (χ3v) is 12.6. The van der Waals surface area contributed by atoms with E-state index in [-0.39, 0.29) is 59.0 Å². The summed E-state index contributed by atoms with van der Waals surface area (Å²) >= 11 is 6.42. The van der Waals surface area contributed by atoms with Gasteiger partial charge in [-0.3, -0.25) is 19.2 Å². The largest absolute Gasteiger partial charge is 0.461 e. The van der Waals surface area contributed by atoms with Crippen LogP contribution in [0.25, 0.3) is 32.9 Å². The third kappa shape index (κ3) is 6.91. The third-order valence-electron chi connectivity index (χ3n) is 10.3. The summed E-state index contributed by atoms with van der Waals surface area (Å²) in [6, 6.07) is 8.13. The molecule has 4 aromatic rings. The number of carbonyl (C=O) groups is 1. The van der Waals surface area contributed by atoms with Gasteiger partial charge in [0.25, 0.3) is 0 Å². The van der Waals surface area contributed by atoms with Crippen LogP contribution in [0.5, 0.6) is 6.01 Å². The lowest BCUT2D eigenvalue weighted by atomic mass is 9.95. The number of anilines is 1. The van der Waals surface area contributed by atoms with E-state index in [1.807, 2.05) is 11.9 Å². The van der Waals surface area contributed by atoms with Crippen molar-refractivity contribution >= 4 is 52.6 Å². The number of carbonyl (C=O) groups excluding carboxylic acids is 1. The maximum Gasteiger partial charge on any atom is 0.340 e. The Morgan fingerprint density at radius 1 is 1.08 bits per heavy atom. The predicted octanol–water partition coefficient (Wildman–Crippen LogP) is 6.94. The predicted molar refractivity (Wildman–Crippen MR) is 193 cm³/mol. The number of hydrogen-bond donors (Lipinski definition) is 0. The van der Waals surface area contributed by atoms with Crippen LogP contribution < -0.4 is 9.64 Å². The number of amides is 1. The van der Waals surface area contributed by atoms with Crippen molar-refractivity contribution in [3.05, 3.63) is 53.2 Å². The fraction of sp³-hybridized carbons (Fsp3) is 0.500. The number of pyridine rings is 1. The van der Waals surface area contributed by atoms with Gasteiger partial charge >= 0.3 is 13.6 Å². The zero-order chi connectivity index (χ0) is 35.9. The van der Waals surface area contributed by atoms with Crippen molar-refractivity contribution in [1.82, 2.24) is 24.8 Å². The fourth-order valence-electron chi connectivity index (χ4n) is 7.88. The standard InChI is InChI=1S/C36H42ClF2N6O5P/c1-4-49-51(47,50-5-2)21-28(46)44-19-23(20-44)18-43(3)34-26-17-40-32(25-10-6-9-24-11-12-27(38)30(37)29(24)25)31(39)33(26)41-35(42-34)48-22-36-13-7-15-45(36)16-8-14-36/h6,9-12,17,23H,4-5,7-8,13-16,18-22H2,1-3H3. The number of ether oxygens (including phenoxy) is 1. The second kappa shape index (κ2) is 14.5. The van der Waals surface area contributed by atoms with E-state index in [4.69, 9.17) is 30.4 Å². The molecular weight excluding hydrogens is 701 g/mol. The number of fused-ring (bicyclic) bond motifs is 3. The second-order valence-electron chi connectivity index (χ2n) is 13.6. The van der Waals surface area contributed by atoms with Gasteiger partial charge in [0, 0.05) is 49.7 Å². The minimum absolute atomic E-state index is 0.0141. The first-order chi connectivity index (χ1) is 24.5. The number of rotatable bonds is 13. The van der Waals surface area contributed by atoms with Gasteiger partial charge in [-0.15, -0.1) is 0 Å². The Kier molecular flexibility index (Phi) is 10.2. The van der Waals surface area contributed by atoms with Crippen LogP contribution in [0.4, 0.5) is 14.6 Å². The highest BCUT2D eigenvalue weighted by atomic mass is 35.5. The summed E-state index contributed by atoms with van der Waals surface area (Å²) in [6.45, 7) is 7.62. The van der Waals surface area contributed by atoms with Gasteiger partial charge in [-0.2, -0.15) is 9.97 Å². The molecule has 0 unspecified atom stereocenters. The molecule has 0 N–H and O–H groups in total. The molecule has 3 fully saturated rings. The van der Waals surface area contributed by atoms with Gasteiger partial charge < -0.3 is 23.6 Å². The van der Waals surface area contributed by atoms with Gasteiger partial charge in [-0.25, -0.2) is 8.78 Å². The number of likely N-dealkylation sites (tertiary alicyclic amines) is 1. The van der Waals surface area contributed by atoms with Crippen LogP contribution in [0.2, 0.25) is 5.02 Å². The van der Waals surface area contributed by atoms with Crippen molar-refractivity contribution < 1.29 is 31.9 Å². The molecule has 2 aromatic carbocycles. The van der Waals surface area contributed by atoms with Crippen LogP contribution in [0.3, 0.4) is 0 Å². The molecule has 3 aliphatic heterocycles. The average Bonchev–Trinajstić information content (AvgIpc) is 3.67. The molecule has 0 saturated carbocycles. The highest BCUT2D eigenvalue weighted by molar-refractivity contribution is 7.54. The van der Waals surface area contributed by atoms with Crippen molar-refractivity contribution in [1.29, 1.82) is 0 Å². The quantitative estimate of drug-likeness (QED) is 0.134. The maximum atomic E-state index is 16.8. The van der Waals surface area contributed by atoms with E-state index < -0.39 is 19.2 Å². The molecule has 51 heavy (non-hydrogen) atoms. The summed E-state index contributed by atoms with van der Waals surface area (Å²) < 4.78 is 61.2. The van der Waals surface area contributed by atoms with Crippen molar-refractivity contribution in [3.63, 3.8) is 0 Å². The van der Waals surface area contributed by atoms with Gasteiger partial charge in [0.2, 0.25) is 5.91 Å². The fourth-order valence-corrected chi connectivity index (χ4v) is 9.73. The molecule has 7 rings (SSSR count). The second-order valence-corrected chi connectivity index (χ2v) is 16.1. The average molecular weight is 743 g/mol. The van der Waals surface area contributed by atoms with E-state index >= 15 is 4.39 Å². The van der Waals surface area contributed by atoms with Crippen LogP contribution in [-0.2, 0) is 18.4 Å². The first-order valence-electron chi connectivity index (χ1n) is 17.5. The molecule has 5 heterocycles. The number of benzene rings is 2. The monoisotopic (exact) mass is 742 g/mol. The van der Waals surface area contributed by atoms with Crippen molar-refractivity contribution in [2.75, 3.05) is 70.7 Å². The van der Waals surface area contributed by atoms with Crippen LogP contribution in [0.15, 0.2) is 36.5 Å². The highest BCUT2D eigenvalue weighted by Gasteiger charge is 2.45. The van der Waals surface area contributed by atoms with E-state index in [1.165, 1.54) is 12.3 Å². The Hall–Kier alpha value is -3.48. The number of hydrogen-bond acceptors (Lipinski definition) is 10. The van der Waals surface area contributed by atoms with Crippen LogP contribution >= 0.6 is 19.2 Å². The lowest BCUT2D eigenvalue weighted by Crippen LogP contribution is -2.54. The Bertz CT molecular complexity index is 2000. The van der Waals surface area contributed by atoms with Crippen molar-refractivity contribution in [2.45, 2.75) is 45.1 Å². The van der Waals surface area contributed by atoms with Gasteiger partial charge in [0.1, 0.15) is 35.6 Å². The van der Waals surface area contributed by atoms with Crippen molar-refractivity contribution in [3.8, 4) is 17.3 Å². The summed E-state index contributed by atoms with van der Waals surface area (Å²) in [7, 11) is -1.66.